The van der Waals surface area contributed by atoms with Crippen molar-refractivity contribution in [3.05, 3.63) is 36.2 Å². The summed E-state index contributed by atoms with van der Waals surface area (Å²) in [5.74, 6) is 0.129. The van der Waals surface area contributed by atoms with Crippen molar-refractivity contribution in [2.45, 2.75) is 43.9 Å². The highest BCUT2D eigenvalue weighted by atomic mass is 19.4. The lowest BCUT2D eigenvalue weighted by Gasteiger charge is -2.27. The molecule has 0 radical (unpaired) electrons. The zero-order valence-electron chi connectivity index (χ0n) is 15.8. The van der Waals surface area contributed by atoms with Crippen LogP contribution in [0.25, 0.3) is 27.9 Å². The van der Waals surface area contributed by atoms with Gasteiger partial charge in [-0.2, -0.15) is 18.3 Å². The predicted molar refractivity (Wildman–Crippen MR) is 105 cm³/mol. The maximum atomic E-state index is 13.7. The van der Waals surface area contributed by atoms with Crippen molar-refractivity contribution in [2.75, 3.05) is 5.32 Å². The average molecular weight is 416 g/mol. The van der Waals surface area contributed by atoms with Gasteiger partial charge in [-0.05, 0) is 37.8 Å². The van der Waals surface area contributed by atoms with Crippen molar-refractivity contribution in [3.8, 4) is 11.4 Å². The molecule has 4 aromatic rings. The second-order valence-electron chi connectivity index (χ2n) is 7.55. The fraction of sp³-hybridized carbons (Fsp3) is 0.368. The summed E-state index contributed by atoms with van der Waals surface area (Å²) in [5.41, 5.74) is 5.89. The third-order valence-corrected chi connectivity index (χ3v) is 5.42. The number of fused-ring (bicyclic) bond motifs is 3. The summed E-state index contributed by atoms with van der Waals surface area (Å²) in [5, 5.41) is 14.8. The highest BCUT2D eigenvalue weighted by Crippen LogP contribution is 2.38. The number of nitrogens with zero attached hydrogens (tertiary/aromatic N) is 5. The second kappa shape index (κ2) is 6.94. The Kier molecular flexibility index (Phi) is 4.35. The first-order valence-corrected chi connectivity index (χ1v) is 9.68. The van der Waals surface area contributed by atoms with Crippen LogP contribution in [0, 0.1) is 0 Å². The Balaban J connectivity index is 1.63. The lowest BCUT2D eigenvalue weighted by molar-refractivity contribution is -0.137. The molecule has 8 nitrogen and oxygen atoms in total. The molecule has 30 heavy (non-hydrogen) atoms. The number of nitrogens with two attached hydrogens (primary N) is 1. The van der Waals surface area contributed by atoms with Crippen molar-refractivity contribution in [1.29, 1.82) is 0 Å². The number of hydrogen-bond donors (Lipinski definition) is 3. The number of H-pyrrole nitrogens is 1. The molecule has 1 aliphatic carbocycles. The van der Waals surface area contributed by atoms with Crippen LogP contribution < -0.4 is 11.1 Å². The number of hydrogen-bond acceptors (Lipinski definition) is 6. The number of anilines is 1. The Hall–Kier alpha value is -3.21. The highest BCUT2D eigenvalue weighted by Gasteiger charge is 2.37. The van der Waals surface area contributed by atoms with E-state index >= 15 is 0 Å². The van der Waals surface area contributed by atoms with Gasteiger partial charge in [0.2, 0.25) is 5.95 Å². The van der Waals surface area contributed by atoms with Gasteiger partial charge in [-0.1, -0.05) is 6.07 Å². The van der Waals surface area contributed by atoms with Crippen LogP contribution in [0.1, 0.15) is 31.2 Å². The van der Waals surface area contributed by atoms with Gasteiger partial charge in [0.15, 0.2) is 5.65 Å². The van der Waals surface area contributed by atoms with Gasteiger partial charge in [0.05, 0.1) is 10.9 Å². The van der Waals surface area contributed by atoms with Gasteiger partial charge in [-0.3, -0.25) is 5.10 Å². The van der Waals surface area contributed by atoms with E-state index in [-0.39, 0.29) is 29.4 Å². The SMILES string of the molecule is N[C@H]1CCC[C@@H](Nc2ncc(C(F)(F)F)c(-c3n[nH]c4nn5ccccc5c34)n2)C1. The minimum atomic E-state index is -4.63. The number of halogens is 3. The van der Waals surface area contributed by atoms with Crippen molar-refractivity contribution in [1.82, 2.24) is 29.8 Å². The lowest BCUT2D eigenvalue weighted by atomic mass is 9.92. The first-order chi connectivity index (χ1) is 14.4. The van der Waals surface area contributed by atoms with E-state index in [1.54, 1.807) is 28.9 Å². The van der Waals surface area contributed by atoms with Crippen molar-refractivity contribution < 1.29 is 13.2 Å². The molecule has 0 aromatic carbocycles. The molecule has 5 rings (SSSR count). The van der Waals surface area contributed by atoms with Crippen molar-refractivity contribution in [2.24, 2.45) is 5.73 Å². The second-order valence-corrected chi connectivity index (χ2v) is 7.55. The molecule has 0 amide bonds. The largest absolute Gasteiger partial charge is 0.420 e. The van der Waals surface area contributed by atoms with E-state index in [1.165, 1.54) is 0 Å². The van der Waals surface area contributed by atoms with Crippen LogP contribution in [-0.2, 0) is 6.18 Å². The third kappa shape index (κ3) is 3.24. The molecule has 0 aliphatic heterocycles. The fourth-order valence-corrected chi connectivity index (χ4v) is 4.03. The van der Waals surface area contributed by atoms with E-state index in [0.29, 0.717) is 16.6 Å². The fourth-order valence-electron chi connectivity index (χ4n) is 4.03. The molecule has 4 N–H and O–H groups in total. The predicted octanol–water partition coefficient (Wildman–Crippen LogP) is 3.37. The maximum Gasteiger partial charge on any atom is 0.420 e. The van der Waals surface area contributed by atoms with E-state index in [4.69, 9.17) is 5.73 Å². The molecule has 4 aromatic heterocycles. The van der Waals surface area contributed by atoms with E-state index in [0.717, 1.165) is 31.9 Å². The maximum absolute atomic E-state index is 13.7. The molecule has 11 heteroatoms. The van der Waals surface area contributed by atoms with Crippen LogP contribution in [0.15, 0.2) is 30.6 Å². The Bertz CT molecular complexity index is 1210. The van der Waals surface area contributed by atoms with E-state index in [1.807, 2.05) is 0 Å². The summed E-state index contributed by atoms with van der Waals surface area (Å²) in [4.78, 5) is 8.16. The molecule has 0 saturated heterocycles. The molecular weight excluding hydrogens is 397 g/mol. The number of aromatic nitrogens is 6. The summed E-state index contributed by atoms with van der Waals surface area (Å²) < 4.78 is 42.8. The Labute approximate surface area is 168 Å². The molecule has 2 atom stereocenters. The zero-order chi connectivity index (χ0) is 20.9. The van der Waals surface area contributed by atoms with Crippen LogP contribution in [0.5, 0.6) is 0 Å². The summed E-state index contributed by atoms with van der Waals surface area (Å²) in [6.45, 7) is 0. The molecule has 1 aliphatic rings. The van der Waals surface area contributed by atoms with Gasteiger partial charge in [0, 0.05) is 24.5 Å². The summed E-state index contributed by atoms with van der Waals surface area (Å²) in [6, 6.07) is 5.43. The van der Waals surface area contributed by atoms with Crippen LogP contribution >= 0.6 is 0 Å². The van der Waals surface area contributed by atoms with Gasteiger partial charge >= 0.3 is 6.18 Å². The lowest BCUT2D eigenvalue weighted by Crippen LogP contribution is -2.35. The molecular formula is C19H19F3N8. The first kappa shape index (κ1) is 18.8. The number of nitrogens with one attached hydrogen (secondary N) is 2. The summed E-state index contributed by atoms with van der Waals surface area (Å²) in [7, 11) is 0. The Morgan fingerprint density at radius 3 is 2.87 bits per heavy atom. The van der Waals surface area contributed by atoms with Crippen LogP contribution in [0.4, 0.5) is 19.1 Å². The molecule has 4 heterocycles. The standard InChI is InChI=1S/C19H19F3N8/c20-19(21,22)12-9-24-18(25-11-5-3-4-10(23)8-11)26-15(12)16-14-13-6-1-2-7-30(13)29-17(14)28-27-16/h1-2,6-7,9-11H,3-5,8,23H2,(H,28,29)(H,24,25,26)/t10-,11+/m0/s1. The molecule has 156 valence electrons. The van der Waals surface area contributed by atoms with Crippen molar-refractivity contribution in [3.63, 3.8) is 0 Å². The summed E-state index contributed by atoms with van der Waals surface area (Å²) in [6.07, 6.45) is 1.38. The minimum Gasteiger partial charge on any atom is -0.351 e. The van der Waals surface area contributed by atoms with Crippen molar-refractivity contribution >= 4 is 22.5 Å². The monoisotopic (exact) mass is 416 g/mol. The Morgan fingerprint density at radius 2 is 2.07 bits per heavy atom. The highest BCUT2D eigenvalue weighted by molar-refractivity contribution is 6.02. The topological polar surface area (TPSA) is 110 Å². The van der Waals surface area contributed by atoms with Gasteiger partial charge < -0.3 is 11.1 Å². The van der Waals surface area contributed by atoms with Gasteiger partial charge in [-0.15, -0.1) is 5.10 Å². The minimum absolute atomic E-state index is 0.0227. The molecule has 0 bridgehead atoms. The van der Waals surface area contributed by atoms with Crippen LogP contribution in [0.2, 0.25) is 0 Å². The number of rotatable bonds is 3. The normalized spacial score (nSPS) is 20.1. The van der Waals surface area contributed by atoms with Crippen LogP contribution in [-0.4, -0.2) is 41.9 Å². The average Bonchev–Trinajstić information content (AvgIpc) is 3.26. The first-order valence-electron chi connectivity index (χ1n) is 9.68. The van der Waals surface area contributed by atoms with E-state index < -0.39 is 11.7 Å². The smallest absolute Gasteiger partial charge is 0.351 e. The number of pyridine rings is 1. The molecule has 1 saturated carbocycles. The number of alkyl halides is 3. The summed E-state index contributed by atoms with van der Waals surface area (Å²) >= 11 is 0. The Morgan fingerprint density at radius 1 is 1.20 bits per heavy atom. The molecule has 0 unspecified atom stereocenters. The zero-order valence-corrected chi connectivity index (χ0v) is 15.8. The molecule has 0 spiro atoms. The van der Waals surface area contributed by atoms with Gasteiger partial charge in [0.1, 0.15) is 17.0 Å². The van der Waals surface area contributed by atoms with Gasteiger partial charge in [0.25, 0.3) is 0 Å². The van der Waals surface area contributed by atoms with Gasteiger partial charge in [-0.25, -0.2) is 14.5 Å². The van der Waals surface area contributed by atoms with E-state index in [2.05, 4.69) is 30.6 Å². The quantitative estimate of drug-likeness (QED) is 0.472. The van der Waals surface area contributed by atoms with E-state index in [9.17, 15) is 13.2 Å². The van der Waals surface area contributed by atoms with Crippen LogP contribution in [0.3, 0.4) is 0 Å². The third-order valence-electron chi connectivity index (χ3n) is 5.42. The number of aromatic amines is 1. The molecule has 1 fully saturated rings.